The standard InChI is InChI=1S/C69H134O17P2/c1-7-9-11-13-15-17-19-25-28-32-39-45-51-66(71)79-57-64(85-69(74)54-48-42-34-30-26-22-20-21-24-27-31-37-43-49-61(3)4)59-83-87(75,76)81-55-63(70)56-82-88(77,78)84-60-65(58-80-67(72)52-46-40-36-35-38-44-50-62(5)6)86-68(73)53-47-41-33-29-23-18-16-14-12-10-8-2/h61-65,70H,7-60H2,1-6H3,(H,75,76)(H,77,78)/t63-,64-,65-/m1/s1. The quantitative estimate of drug-likeness (QED) is 0.0222. The summed E-state index contributed by atoms with van der Waals surface area (Å²) in [6.07, 6.45) is 45.8. The van der Waals surface area contributed by atoms with Crippen LogP contribution in [0.4, 0.5) is 0 Å². The van der Waals surface area contributed by atoms with Crippen LogP contribution in [0.3, 0.4) is 0 Å². The number of unbranched alkanes of at least 4 members (excludes halogenated alkanes) is 38. The molecule has 0 spiro atoms. The molecule has 0 aromatic heterocycles. The van der Waals surface area contributed by atoms with Crippen molar-refractivity contribution in [3.63, 3.8) is 0 Å². The molecule has 0 aromatic carbocycles. The molecule has 0 saturated carbocycles. The summed E-state index contributed by atoms with van der Waals surface area (Å²) < 4.78 is 68.2. The van der Waals surface area contributed by atoms with Crippen LogP contribution >= 0.6 is 15.6 Å². The Morgan fingerprint density at radius 2 is 0.523 bits per heavy atom. The summed E-state index contributed by atoms with van der Waals surface area (Å²) in [5, 5.41) is 10.6. The SMILES string of the molecule is CCCCCCCCCCCCCCC(=O)OC[C@H](COP(=O)(O)OC[C@@H](O)COP(=O)(O)OC[C@@H](COC(=O)CCCCCCCCC(C)C)OC(=O)CCCCCCCCCCCCC)OC(=O)CCCCCCCCCCCCCCCC(C)C. The van der Waals surface area contributed by atoms with Crippen LogP contribution in [0.2, 0.25) is 0 Å². The summed E-state index contributed by atoms with van der Waals surface area (Å²) in [6, 6.07) is 0. The fourth-order valence-electron chi connectivity index (χ4n) is 10.4. The second kappa shape index (κ2) is 61.3. The minimum atomic E-state index is -4.95. The first-order chi connectivity index (χ1) is 42.4. The molecule has 88 heavy (non-hydrogen) atoms. The molecule has 3 N–H and O–H groups in total. The van der Waals surface area contributed by atoms with Crippen molar-refractivity contribution in [2.45, 2.75) is 368 Å². The number of hydrogen-bond acceptors (Lipinski definition) is 15. The Labute approximate surface area is 537 Å². The molecule has 522 valence electrons. The molecule has 0 aliphatic carbocycles. The van der Waals surface area contributed by atoms with Crippen molar-refractivity contribution >= 4 is 39.5 Å². The maximum absolute atomic E-state index is 13.0. The molecule has 0 saturated heterocycles. The van der Waals surface area contributed by atoms with Gasteiger partial charge in [0.05, 0.1) is 26.4 Å². The highest BCUT2D eigenvalue weighted by Crippen LogP contribution is 2.45. The molecule has 0 aliphatic rings. The molecule has 0 aliphatic heterocycles. The van der Waals surface area contributed by atoms with E-state index in [0.717, 1.165) is 102 Å². The Hall–Kier alpha value is -1.94. The van der Waals surface area contributed by atoms with Crippen molar-refractivity contribution in [3.05, 3.63) is 0 Å². The number of phosphoric ester groups is 2. The van der Waals surface area contributed by atoms with Crippen LogP contribution in [0.5, 0.6) is 0 Å². The summed E-state index contributed by atoms with van der Waals surface area (Å²) in [6.45, 7) is 9.47. The van der Waals surface area contributed by atoms with Gasteiger partial charge in [-0.3, -0.25) is 37.3 Å². The molecule has 2 unspecified atom stereocenters. The number of carbonyl (C=O) groups excluding carboxylic acids is 4. The highest BCUT2D eigenvalue weighted by molar-refractivity contribution is 7.47. The van der Waals surface area contributed by atoms with Crippen LogP contribution in [0, 0.1) is 11.8 Å². The van der Waals surface area contributed by atoms with E-state index in [2.05, 4.69) is 41.5 Å². The third kappa shape index (κ3) is 62.8. The third-order valence-electron chi connectivity index (χ3n) is 16.0. The van der Waals surface area contributed by atoms with E-state index in [-0.39, 0.29) is 25.7 Å². The van der Waals surface area contributed by atoms with Gasteiger partial charge in [0, 0.05) is 25.7 Å². The minimum Gasteiger partial charge on any atom is -0.462 e. The molecule has 0 bridgehead atoms. The fourth-order valence-corrected chi connectivity index (χ4v) is 12.0. The average molecular weight is 1300 g/mol. The lowest BCUT2D eigenvalue weighted by Crippen LogP contribution is -2.30. The highest BCUT2D eigenvalue weighted by atomic mass is 31.2. The molecule has 17 nitrogen and oxygen atoms in total. The van der Waals surface area contributed by atoms with E-state index in [4.69, 9.17) is 37.0 Å². The van der Waals surface area contributed by atoms with Crippen LogP contribution in [0.25, 0.3) is 0 Å². The lowest BCUT2D eigenvalue weighted by atomic mass is 10.0. The van der Waals surface area contributed by atoms with Crippen molar-refractivity contribution in [1.29, 1.82) is 0 Å². The third-order valence-corrected chi connectivity index (χ3v) is 17.9. The van der Waals surface area contributed by atoms with Crippen LogP contribution in [0.15, 0.2) is 0 Å². The number of rotatable bonds is 68. The predicted octanol–water partition coefficient (Wildman–Crippen LogP) is 19.6. The van der Waals surface area contributed by atoms with Gasteiger partial charge in [-0.05, 0) is 37.5 Å². The Bertz CT molecular complexity index is 1720. The van der Waals surface area contributed by atoms with Gasteiger partial charge in [-0.2, -0.15) is 0 Å². The van der Waals surface area contributed by atoms with E-state index in [1.165, 1.54) is 161 Å². The van der Waals surface area contributed by atoms with Gasteiger partial charge in [0.2, 0.25) is 0 Å². The van der Waals surface area contributed by atoms with Gasteiger partial charge in [-0.25, -0.2) is 9.13 Å². The number of aliphatic hydroxyl groups excluding tert-OH is 1. The normalized spacial score (nSPS) is 14.2. The zero-order valence-electron chi connectivity index (χ0n) is 57.0. The molecule has 0 aromatic rings. The molecule has 19 heteroatoms. The predicted molar refractivity (Wildman–Crippen MR) is 354 cm³/mol. The maximum atomic E-state index is 13.0. The molecule has 0 fully saturated rings. The van der Waals surface area contributed by atoms with Crippen molar-refractivity contribution in [3.8, 4) is 0 Å². The lowest BCUT2D eigenvalue weighted by Gasteiger charge is -2.21. The number of esters is 4. The molecular weight excluding hydrogens is 1160 g/mol. The van der Waals surface area contributed by atoms with E-state index in [9.17, 15) is 43.2 Å². The summed E-state index contributed by atoms with van der Waals surface area (Å²) in [7, 11) is -9.90. The Kier molecular flexibility index (Phi) is 59.9. The lowest BCUT2D eigenvalue weighted by molar-refractivity contribution is -0.161. The summed E-state index contributed by atoms with van der Waals surface area (Å²) >= 11 is 0. The van der Waals surface area contributed by atoms with E-state index in [1.807, 2.05) is 0 Å². The first-order valence-electron chi connectivity index (χ1n) is 36.0. The van der Waals surface area contributed by atoms with Crippen molar-refractivity contribution in [2.75, 3.05) is 39.6 Å². The van der Waals surface area contributed by atoms with Gasteiger partial charge >= 0.3 is 39.5 Å². The molecule has 0 heterocycles. The molecular formula is C69H134O17P2. The Morgan fingerprint density at radius 3 is 0.773 bits per heavy atom. The van der Waals surface area contributed by atoms with E-state index < -0.39 is 97.5 Å². The van der Waals surface area contributed by atoms with Crippen LogP contribution < -0.4 is 0 Å². The minimum absolute atomic E-state index is 0.106. The number of hydrogen-bond donors (Lipinski definition) is 3. The second-order valence-electron chi connectivity index (χ2n) is 25.9. The topological polar surface area (TPSA) is 237 Å². The maximum Gasteiger partial charge on any atom is 0.472 e. The number of aliphatic hydroxyl groups is 1. The Morgan fingerprint density at radius 1 is 0.307 bits per heavy atom. The first-order valence-corrected chi connectivity index (χ1v) is 39.0. The number of ether oxygens (including phenoxy) is 4. The monoisotopic (exact) mass is 1300 g/mol. The summed E-state index contributed by atoms with van der Waals surface area (Å²) in [4.78, 5) is 72.4. The number of carbonyl (C=O) groups is 4. The second-order valence-corrected chi connectivity index (χ2v) is 28.8. The largest absolute Gasteiger partial charge is 0.472 e. The average Bonchev–Trinajstić information content (AvgIpc) is 3.55. The van der Waals surface area contributed by atoms with Crippen molar-refractivity contribution < 1.29 is 80.2 Å². The fraction of sp³-hybridized carbons (Fsp3) is 0.942. The molecule has 5 atom stereocenters. The van der Waals surface area contributed by atoms with Gasteiger partial charge in [-0.1, -0.05) is 298 Å². The molecule has 0 amide bonds. The zero-order chi connectivity index (χ0) is 65.0. The molecule has 0 radical (unpaired) electrons. The van der Waals surface area contributed by atoms with Crippen LogP contribution in [-0.4, -0.2) is 96.7 Å². The van der Waals surface area contributed by atoms with Crippen molar-refractivity contribution in [1.82, 2.24) is 0 Å². The number of phosphoric acid groups is 2. The van der Waals surface area contributed by atoms with E-state index in [1.54, 1.807) is 0 Å². The van der Waals surface area contributed by atoms with Gasteiger partial charge < -0.3 is 33.8 Å². The van der Waals surface area contributed by atoms with Crippen LogP contribution in [0.1, 0.15) is 350 Å². The highest BCUT2D eigenvalue weighted by Gasteiger charge is 2.30. The summed E-state index contributed by atoms with van der Waals surface area (Å²) in [5.74, 6) is -0.660. The van der Waals surface area contributed by atoms with Gasteiger partial charge in [-0.15, -0.1) is 0 Å². The van der Waals surface area contributed by atoms with Crippen LogP contribution in [-0.2, 0) is 65.4 Å². The van der Waals surface area contributed by atoms with Gasteiger partial charge in [0.25, 0.3) is 0 Å². The molecule has 0 rings (SSSR count). The van der Waals surface area contributed by atoms with Crippen molar-refractivity contribution in [2.24, 2.45) is 11.8 Å². The summed E-state index contributed by atoms with van der Waals surface area (Å²) in [5.41, 5.74) is 0. The van der Waals surface area contributed by atoms with Gasteiger partial charge in [0.1, 0.15) is 19.3 Å². The van der Waals surface area contributed by atoms with Gasteiger partial charge in [0.15, 0.2) is 12.2 Å². The zero-order valence-corrected chi connectivity index (χ0v) is 58.8. The first kappa shape index (κ1) is 86.1. The van der Waals surface area contributed by atoms with E-state index >= 15 is 0 Å². The Balaban J connectivity index is 5.23. The van der Waals surface area contributed by atoms with E-state index in [0.29, 0.717) is 31.6 Å². The smallest absolute Gasteiger partial charge is 0.462 e.